The van der Waals surface area contributed by atoms with Gasteiger partial charge in [-0.05, 0) is 31.7 Å². The molecule has 0 unspecified atom stereocenters. The summed E-state index contributed by atoms with van der Waals surface area (Å²) in [5.41, 5.74) is 1.78. The van der Waals surface area contributed by atoms with E-state index in [2.05, 4.69) is 15.2 Å². The minimum Gasteiger partial charge on any atom is -0.370 e. The maximum atomic E-state index is 12.4. The van der Waals surface area contributed by atoms with Crippen LogP contribution in [0.1, 0.15) is 61.7 Å². The molecule has 0 aromatic carbocycles. The van der Waals surface area contributed by atoms with Crippen molar-refractivity contribution in [3.8, 4) is 0 Å². The van der Waals surface area contributed by atoms with Crippen molar-refractivity contribution in [2.24, 2.45) is 0 Å². The molecular weight excluding hydrogens is 262 g/mol. The fourth-order valence-electron chi connectivity index (χ4n) is 3.39. The first-order valence-corrected chi connectivity index (χ1v) is 8.34. The maximum Gasteiger partial charge on any atom is 0.253 e. The highest BCUT2D eigenvalue weighted by atomic mass is 16.1. The zero-order valence-corrected chi connectivity index (χ0v) is 12.7. The average molecular weight is 287 g/mol. The molecule has 0 radical (unpaired) electrons. The van der Waals surface area contributed by atoms with E-state index in [-0.39, 0.29) is 5.91 Å². The van der Waals surface area contributed by atoms with Gasteiger partial charge >= 0.3 is 0 Å². The van der Waals surface area contributed by atoms with Gasteiger partial charge in [0.15, 0.2) is 0 Å². The number of hydrogen-bond acceptors (Lipinski definition) is 3. The third-order valence-electron chi connectivity index (χ3n) is 4.65. The summed E-state index contributed by atoms with van der Waals surface area (Å²) in [5.74, 6) is 0.0375. The van der Waals surface area contributed by atoms with Gasteiger partial charge in [-0.2, -0.15) is 0 Å². The van der Waals surface area contributed by atoms with Crippen LogP contribution in [0.15, 0.2) is 18.5 Å². The Bertz CT molecular complexity index is 475. The Hall–Kier alpha value is -1.58. The van der Waals surface area contributed by atoms with Crippen molar-refractivity contribution in [1.82, 2.24) is 10.3 Å². The molecule has 21 heavy (non-hydrogen) atoms. The third-order valence-corrected chi connectivity index (χ3v) is 4.65. The molecule has 2 aliphatic rings. The molecule has 2 heterocycles. The van der Waals surface area contributed by atoms with Gasteiger partial charge in [0.1, 0.15) is 0 Å². The molecule has 114 valence electrons. The highest BCUT2D eigenvalue weighted by Gasteiger charge is 2.18. The first-order chi connectivity index (χ1) is 10.3. The molecule has 1 aromatic rings. The van der Waals surface area contributed by atoms with Gasteiger partial charge in [0.25, 0.3) is 5.91 Å². The van der Waals surface area contributed by atoms with Crippen molar-refractivity contribution < 1.29 is 4.79 Å². The topological polar surface area (TPSA) is 45.2 Å². The van der Waals surface area contributed by atoms with Gasteiger partial charge in [-0.25, -0.2) is 0 Å². The van der Waals surface area contributed by atoms with E-state index in [9.17, 15) is 4.79 Å². The fourth-order valence-corrected chi connectivity index (χ4v) is 3.39. The van der Waals surface area contributed by atoms with Crippen molar-refractivity contribution in [2.75, 3.05) is 18.0 Å². The fraction of sp³-hybridized carbons (Fsp3) is 0.647. The van der Waals surface area contributed by atoms with Gasteiger partial charge in [0.2, 0.25) is 0 Å². The quantitative estimate of drug-likeness (QED) is 0.869. The van der Waals surface area contributed by atoms with E-state index in [0.29, 0.717) is 11.6 Å². The lowest BCUT2D eigenvalue weighted by molar-refractivity contribution is 0.0933. The molecule has 1 N–H and O–H groups in total. The minimum atomic E-state index is 0.0375. The summed E-state index contributed by atoms with van der Waals surface area (Å²) in [6.45, 7) is 2.16. The Balaban J connectivity index is 1.64. The first kappa shape index (κ1) is 14.4. The second kappa shape index (κ2) is 6.92. The van der Waals surface area contributed by atoms with Crippen LogP contribution in [0.25, 0.3) is 0 Å². The Morgan fingerprint density at radius 2 is 1.76 bits per heavy atom. The summed E-state index contributed by atoms with van der Waals surface area (Å²) in [5, 5.41) is 3.20. The molecule has 1 aliphatic carbocycles. The van der Waals surface area contributed by atoms with Gasteiger partial charge in [0, 0.05) is 25.3 Å². The molecule has 4 nitrogen and oxygen atoms in total. The van der Waals surface area contributed by atoms with Gasteiger partial charge in [-0.1, -0.05) is 25.7 Å². The number of nitrogens with one attached hydrogen (secondary N) is 1. The molecule has 1 aromatic heterocycles. The smallest absolute Gasteiger partial charge is 0.253 e. The van der Waals surface area contributed by atoms with Gasteiger partial charge in [-0.3, -0.25) is 9.78 Å². The number of pyridine rings is 1. The molecule has 0 atom stereocenters. The predicted molar refractivity (Wildman–Crippen MR) is 84.6 cm³/mol. The second-order valence-corrected chi connectivity index (χ2v) is 6.29. The third kappa shape index (κ3) is 3.74. The second-order valence-electron chi connectivity index (χ2n) is 6.29. The lowest BCUT2D eigenvalue weighted by atomic mass is 10.1. The molecule has 0 bridgehead atoms. The molecule has 1 amide bonds. The SMILES string of the molecule is O=C(NC1CCCCCC1)c1cncc(N2CCCC2)c1. The van der Waals surface area contributed by atoms with Crippen LogP contribution in [0, 0.1) is 0 Å². The normalized spacial score (nSPS) is 20.3. The molecule has 1 saturated heterocycles. The monoisotopic (exact) mass is 287 g/mol. The number of hydrogen-bond donors (Lipinski definition) is 1. The van der Waals surface area contributed by atoms with Crippen LogP contribution in [0.3, 0.4) is 0 Å². The van der Waals surface area contributed by atoms with E-state index in [4.69, 9.17) is 0 Å². The van der Waals surface area contributed by atoms with Crippen LogP contribution in [0.4, 0.5) is 5.69 Å². The molecule has 1 aliphatic heterocycles. The number of rotatable bonds is 3. The summed E-state index contributed by atoms with van der Waals surface area (Å²) in [7, 11) is 0. The standard InChI is InChI=1S/C17H25N3O/c21-17(19-15-7-3-1-2-4-8-15)14-11-16(13-18-12-14)20-9-5-6-10-20/h11-13,15H,1-10H2,(H,19,21). The summed E-state index contributed by atoms with van der Waals surface area (Å²) in [6.07, 6.45) is 13.3. The number of aromatic nitrogens is 1. The van der Waals surface area contributed by atoms with E-state index in [1.54, 1.807) is 6.20 Å². The van der Waals surface area contributed by atoms with Crippen molar-refractivity contribution in [2.45, 2.75) is 57.4 Å². The van der Waals surface area contributed by atoms with E-state index in [0.717, 1.165) is 31.6 Å². The number of carbonyl (C=O) groups is 1. The van der Waals surface area contributed by atoms with Crippen molar-refractivity contribution in [3.63, 3.8) is 0 Å². The molecule has 1 saturated carbocycles. The van der Waals surface area contributed by atoms with Crippen LogP contribution < -0.4 is 10.2 Å². The van der Waals surface area contributed by atoms with Crippen molar-refractivity contribution in [1.29, 1.82) is 0 Å². The summed E-state index contributed by atoms with van der Waals surface area (Å²) >= 11 is 0. The number of carbonyl (C=O) groups excluding carboxylic acids is 1. The van der Waals surface area contributed by atoms with Gasteiger partial charge < -0.3 is 10.2 Å². The van der Waals surface area contributed by atoms with E-state index in [1.807, 2.05) is 12.3 Å². The van der Waals surface area contributed by atoms with E-state index < -0.39 is 0 Å². The summed E-state index contributed by atoms with van der Waals surface area (Å²) in [6, 6.07) is 2.33. The lowest BCUT2D eigenvalue weighted by Crippen LogP contribution is -2.34. The Kier molecular flexibility index (Phi) is 4.73. The number of anilines is 1. The average Bonchev–Trinajstić information content (AvgIpc) is 2.93. The number of amides is 1. The minimum absolute atomic E-state index is 0.0375. The highest BCUT2D eigenvalue weighted by molar-refractivity contribution is 5.94. The molecule has 4 heteroatoms. The van der Waals surface area contributed by atoms with Crippen LogP contribution in [0.5, 0.6) is 0 Å². The summed E-state index contributed by atoms with van der Waals surface area (Å²) < 4.78 is 0. The summed E-state index contributed by atoms with van der Waals surface area (Å²) in [4.78, 5) is 19.0. The van der Waals surface area contributed by atoms with E-state index in [1.165, 1.54) is 38.5 Å². The van der Waals surface area contributed by atoms with Crippen LogP contribution in [-0.4, -0.2) is 30.0 Å². The largest absolute Gasteiger partial charge is 0.370 e. The molecular formula is C17H25N3O. The zero-order valence-electron chi connectivity index (χ0n) is 12.7. The molecule has 2 fully saturated rings. The molecule has 3 rings (SSSR count). The maximum absolute atomic E-state index is 12.4. The molecule has 0 spiro atoms. The van der Waals surface area contributed by atoms with Crippen molar-refractivity contribution >= 4 is 11.6 Å². The Morgan fingerprint density at radius 3 is 2.48 bits per heavy atom. The first-order valence-electron chi connectivity index (χ1n) is 8.34. The predicted octanol–water partition coefficient (Wildman–Crippen LogP) is 3.13. The van der Waals surface area contributed by atoms with Crippen LogP contribution in [-0.2, 0) is 0 Å². The Labute approximate surface area is 126 Å². The Morgan fingerprint density at radius 1 is 1.05 bits per heavy atom. The highest BCUT2D eigenvalue weighted by Crippen LogP contribution is 2.21. The van der Waals surface area contributed by atoms with Gasteiger partial charge in [0.05, 0.1) is 17.4 Å². The van der Waals surface area contributed by atoms with Crippen LogP contribution in [0.2, 0.25) is 0 Å². The van der Waals surface area contributed by atoms with Crippen molar-refractivity contribution in [3.05, 3.63) is 24.0 Å². The van der Waals surface area contributed by atoms with Crippen LogP contribution >= 0.6 is 0 Å². The van der Waals surface area contributed by atoms with E-state index >= 15 is 0 Å². The number of nitrogens with zero attached hydrogens (tertiary/aromatic N) is 2. The lowest BCUT2D eigenvalue weighted by Gasteiger charge is -2.19. The van der Waals surface area contributed by atoms with Gasteiger partial charge in [-0.15, -0.1) is 0 Å². The zero-order chi connectivity index (χ0) is 14.5.